The summed E-state index contributed by atoms with van der Waals surface area (Å²) in [5.41, 5.74) is -0.295. The summed E-state index contributed by atoms with van der Waals surface area (Å²) in [7, 11) is -4.09. The van der Waals surface area contributed by atoms with Crippen LogP contribution in [0.1, 0.15) is 24.2 Å². The Hall–Kier alpha value is -2.03. The van der Waals surface area contributed by atoms with Gasteiger partial charge in [0, 0.05) is 23.7 Å². The van der Waals surface area contributed by atoms with Gasteiger partial charge in [0.25, 0.3) is 5.91 Å². The van der Waals surface area contributed by atoms with Gasteiger partial charge >= 0.3 is 0 Å². The highest BCUT2D eigenvalue weighted by molar-refractivity contribution is 7.89. The van der Waals surface area contributed by atoms with Crippen molar-refractivity contribution in [3.05, 3.63) is 58.6 Å². The van der Waals surface area contributed by atoms with Crippen molar-refractivity contribution in [3.63, 3.8) is 0 Å². The van der Waals surface area contributed by atoms with E-state index >= 15 is 0 Å². The Morgan fingerprint density at radius 1 is 1.08 bits per heavy atom. The van der Waals surface area contributed by atoms with Crippen LogP contribution in [0.15, 0.2) is 41.3 Å². The highest BCUT2D eigenvalue weighted by Gasteiger charge is 2.26. The number of sulfonamides is 1. The lowest BCUT2D eigenvalue weighted by Crippen LogP contribution is -2.31. The molecule has 0 atom stereocenters. The quantitative estimate of drug-likeness (QED) is 0.796. The molecule has 0 saturated carbocycles. The van der Waals surface area contributed by atoms with Gasteiger partial charge in [-0.05, 0) is 36.4 Å². The van der Waals surface area contributed by atoms with Gasteiger partial charge in [0.2, 0.25) is 10.0 Å². The Kier molecular flexibility index (Phi) is 6.33. The molecule has 0 aliphatic heterocycles. The van der Waals surface area contributed by atoms with E-state index in [9.17, 15) is 22.0 Å². The smallest absolute Gasteiger partial charge is 0.255 e. The monoisotopic (exact) mass is 402 g/mol. The van der Waals surface area contributed by atoms with E-state index in [2.05, 4.69) is 5.32 Å². The minimum Gasteiger partial charge on any atom is -0.319 e. The maximum Gasteiger partial charge on any atom is 0.255 e. The molecule has 2 aromatic carbocycles. The van der Waals surface area contributed by atoms with Crippen LogP contribution in [0.3, 0.4) is 0 Å². The number of rotatable bonds is 6. The minimum atomic E-state index is -4.09. The summed E-state index contributed by atoms with van der Waals surface area (Å²) in [6, 6.07) is 6.55. The average molecular weight is 403 g/mol. The zero-order valence-corrected chi connectivity index (χ0v) is 15.7. The first-order valence-electron chi connectivity index (χ1n) is 7.76. The predicted octanol–water partition coefficient (Wildman–Crippen LogP) is 3.90. The van der Waals surface area contributed by atoms with E-state index in [0.29, 0.717) is 0 Å². The zero-order chi connectivity index (χ0) is 19.5. The van der Waals surface area contributed by atoms with Gasteiger partial charge < -0.3 is 5.32 Å². The molecule has 2 rings (SSSR count). The van der Waals surface area contributed by atoms with Crippen LogP contribution in [0.2, 0.25) is 5.02 Å². The molecule has 5 nitrogen and oxygen atoms in total. The van der Waals surface area contributed by atoms with Crippen LogP contribution in [0.5, 0.6) is 0 Å². The van der Waals surface area contributed by atoms with E-state index in [1.165, 1.54) is 12.1 Å². The third-order valence-corrected chi connectivity index (χ3v) is 5.99. The molecule has 0 fully saturated rings. The van der Waals surface area contributed by atoms with Crippen LogP contribution in [-0.4, -0.2) is 31.7 Å². The fourth-order valence-electron chi connectivity index (χ4n) is 2.33. The molecular formula is C17H17ClF2N2O3S. The van der Waals surface area contributed by atoms with Crippen molar-refractivity contribution in [1.82, 2.24) is 4.31 Å². The average Bonchev–Trinajstić information content (AvgIpc) is 2.59. The number of nitrogens with zero attached hydrogens (tertiary/aromatic N) is 1. The van der Waals surface area contributed by atoms with Crippen LogP contribution in [0.4, 0.5) is 14.5 Å². The molecule has 0 unspecified atom stereocenters. The Morgan fingerprint density at radius 2 is 1.69 bits per heavy atom. The van der Waals surface area contributed by atoms with Gasteiger partial charge in [0.1, 0.15) is 16.5 Å². The number of carbonyl (C=O) groups is 1. The number of hydrogen-bond donors (Lipinski definition) is 1. The van der Waals surface area contributed by atoms with Gasteiger partial charge in [-0.25, -0.2) is 17.2 Å². The van der Waals surface area contributed by atoms with E-state index in [0.717, 1.165) is 28.6 Å². The lowest BCUT2D eigenvalue weighted by atomic mass is 10.2. The molecule has 9 heteroatoms. The molecule has 0 spiro atoms. The second-order valence-electron chi connectivity index (χ2n) is 5.31. The third-order valence-electron chi connectivity index (χ3n) is 3.69. The number of hydrogen-bond acceptors (Lipinski definition) is 3. The van der Waals surface area contributed by atoms with Gasteiger partial charge in [0.15, 0.2) is 0 Å². The van der Waals surface area contributed by atoms with Crippen molar-refractivity contribution in [2.75, 3.05) is 18.4 Å². The van der Waals surface area contributed by atoms with Crippen molar-refractivity contribution in [1.29, 1.82) is 0 Å². The summed E-state index contributed by atoms with van der Waals surface area (Å²) in [5, 5.41) is 2.51. The molecular weight excluding hydrogens is 386 g/mol. The molecule has 26 heavy (non-hydrogen) atoms. The molecule has 0 radical (unpaired) electrons. The molecule has 0 bridgehead atoms. The lowest BCUT2D eigenvalue weighted by molar-refractivity contribution is 0.102. The first-order chi connectivity index (χ1) is 12.2. The van der Waals surface area contributed by atoms with E-state index in [-0.39, 0.29) is 29.4 Å². The first kappa shape index (κ1) is 20.3. The lowest BCUT2D eigenvalue weighted by Gasteiger charge is -2.19. The summed E-state index contributed by atoms with van der Waals surface area (Å²) < 4.78 is 54.0. The summed E-state index contributed by atoms with van der Waals surface area (Å²) in [5.74, 6) is -2.47. The normalized spacial score (nSPS) is 11.6. The van der Waals surface area contributed by atoms with E-state index in [4.69, 9.17) is 11.6 Å². The molecule has 1 N–H and O–H groups in total. The van der Waals surface area contributed by atoms with E-state index in [1.807, 2.05) is 0 Å². The number of halogens is 3. The second kappa shape index (κ2) is 8.11. The standard InChI is InChI=1S/C17H17ClF2N2O3S/c1-3-22(4-2)26(24,25)16-9-11(5-7-14(16)20)17(23)21-15-10-12(18)6-8-13(15)19/h5-10H,3-4H2,1-2H3,(H,21,23). The topological polar surface area (TPSA) is 66.5 Å². The van der Waals surface area contributed by atoms with Crippen molar-refractivity contribution >= 4 is 33.2 Å². The Bertz CT molecular complexity index is 932. The van der Waals surface area contributed by atoms with Crippen LogP contribution >= 0.6 is 11.6 Å². The van der Waals surface area contributed by atoms with Crippen molar-refractivity contribution in [2.45, 2.75) is 18.7 Å². The number of anilines is 1. The van der Waals surface area contributed by atoms with E-state index in [1.54, 1.807) is 13.8 Å². The number of carbonyl (C=O) groups excluding carboxylic acids is 1. The Labute approximate surface area is 155 Å². The molecule has 2 aromatic rings. The summed E-state index contributed by atoms with van der Waals surface area (Å²) in [6.45, 7) is 3.56. The predicted molar refractivity (Wildman–Crippen MR) is 95.9 cm³/mol. The molecule has 140 valence electrons. The zero-order valence-electron chi connectivity index (χ0n) is 14.1. The number of nitrogens with one attached hydrogen (secondary N) is 1. The van der Waals surface area contributed by atoms with Gasteiger partial charge in [0.05, 0.1) is 5.69 Å². The van der Waals surface area contributed by atoms with E-state index < -0.39 is 32.5 Å². The fourth-order valence-corrected chi connectivity index (χ4v) is 4.05. The SMILES string of the molecule is CCN(CC)S(=O)(=O)c1cc(C(=O)Nc2cc(Cl)ccc2F)ccc1F. The number of benzene rings is 2. The Balaban J connectivity index is 2.40. The van der Waals surface area contributed by atoms with Crippen LogP contribution in [-0.2, 0) is 10.0 Å². The summed E-state index contributed by atoms with van der Waals surface area (Å²) in [6.07, 6.45) is 0. The van der Waals surface area contributed by atoms with Gasteiger partial charge in [-0.2, -0.15) is 4.31 Å². The second-order valence-corrected chi connectivity index (χ2v) is 7.66. The molecule has 0 heterocycles. The summed E-state index contributed by atoms with van der Waals surface area (Å²) in [4.78, 5) is 11.7. The van der Waals surface area contributed by atoms with Crippen molar-refractivity contribution < 1.29 is 22.0 Å². The summed E-state index contributed by atoms with van der Waals surface area (Å²) >= 11 is 5.77. The molecule has 0 aliphatic carbocycles. The minimum absolute atomic E-state index is 0.128. The van der Waals surface area contributed by atoms with Crippen LogP contribution in [0.25, 0.3) is 0 Å². The maximum absolute atomic E-state index is 14.1. The van der Waals surface area contributed by atoms with Crippen molar-refractivity contribution in [3.8, 4) is 0 Å². The maximum atomic E-state index is 14.1. The molecule has 0 aliphatic rings. The largest absolute Gasteiger partial charge is 0.319 e. The third kappa shape index (κ3) is 4.20. The molecule has 0 aromatic heterocycles. The van der Waals surface area contributed by atoms with Crippen molar-refractivity contribution in [2.24, 2.45) is 0 Å². The van der Waals surface area contributed by atoms with Gasteiger partial charge in [-0.1, -0.05) is 25.4 Å². The highest BCUT2D eigenvalue weighted by atomic mass is 35.5. The molecule has 0 saturated heterocycles. The first-order valence-corrected chi connectivity index (χ1v) is 9.58. The molecule has 1 amide bonds. The van der Waals surface area contributed by atoms with Gasteiger partial charge in [-0.3, -0.25) is 4.79 Å². The van der Waals surface area contributed by atoms with Gasteiger partial charge in [-0.15, -0.1) is 0 Å². The number of amides is 1. The van der Waals surface area contributed by atoms with Crippen LogP contribution in [0, 0.1) is 11.6 Å². The fraction of sp³-hybridized carbons (Fsp3) is 0.235. The van der Waals surface area contributed by atoms with Crippen LogP contribution < -0.4 is 5.32 Å². The Morgan fingerprint density at radius 3 is 2.31 bits per heavy atom. The highest BCUT2D eigenvalue weighted by Crippen LogP contribution is 2.23.